The summed E-state index contributed by atoms with van der Waals surface area (Å²) < 4.78 is 36.1. The molecule has 0 aliphatic carbocycles. The Hall–Kier alpha value is -2.38. The highest BCUT2D eigenvalue weighted by Crippen LogP contribution is 2.22. The molecule has 1 aromatic rings. The minimum Gasteiger partial charge on any atom is -0.267 e. The van der Waals surface area contributed by atoms with E-state index in [1.165, 1.54) is 29.7 Å². The van der Waals surface area contributed by atoms with E-state index in [1.807, 2.05) is 0 Å². The average molecular weight is 258 g/mol. The number of carbonyl (C=O) groups is 3. The number of hydrogen-bond donors (Lipinski definition) is 1. The van der Waals surface area contributed by atoms with Crippen molar-refractivity contribution in [3.05, 3.63) is 35.4 Å². The molecular formula is C10H5F3N2O3. The number of amides is 3. The van der Waals surface area contributed by atoms with Gasteiger partial charge in [-0.25, -0.2) is 5.43 Å². The second kappa shape index (κ2) is 3.83. The van der Waals surface area contributed by atoms with Gasteiger partial charge in [0.15, 0.2) is 0 Å². The number of hydrazine groups is 1. The van der Waals surface area contributed by atoms with Crippen molar-refractivity contribution in [3.63, 3.8) is 0 Å². The van der Waals surface area contributed by atoms with Crippen LogP contribution in [0, 0.1) is 0 Å². The number of rotatable bonds is 1. The van der Waals surface area contributed by atoms with Crippen LogP contribution in [0.3, 0.4) is 0 Å². The van der Waals surface area contributed by atoms with Crippen LogP contribution in [0.25, 0.3) is 0 Å². The van der Waals surface area contributed by atoms with E-state index in [0.717, 1.165) is 0 Å². The Balaban J connectivity index is 2.27. The minimum absolute atomic E-state index is 0.0509. The van der Waals surface area contributed by atoms with Gasteiger partial charge in [-0.05, 0) is 12.1 Å². The second-order valence-corrected chi connectivity index (χ2v) is 3.43. The maximum atomic E-state index is 12.0. The molecule has 0 atom stereocenters. The molecule has 0 fully saturated rings. The SMILES string of the molecule is O=C1c2ccccc2C(=O)N1NC(=O)C(F)(F)F. The van der Waals surface area contributed by atoms with Crippen LogP contribution in [0.4, 0.5) is 13.2 Å². The van der Waals surface area contributed by atoms with Crippen LogP contribution >= 0.6 is 0 Å². The van der Waals surface area contributed by atoms with Crippen molar-refractivity contribution in [2.24, 2.45) is 0 Å². The Kier molecular flexibility index (Phi) is 2.57. The zero-order chi connectivity index (χ0) is 13.5. The summed E-state index contributed by atoms with van der Waals surface area (Å²) in [6.45, 7) is 0. The number of halogens is 3. The van der Waals surface area contributed by atoms with Gasteiger partial charge in [-0.15, -0.1) is 0 Å². The van der Waals surface area contributed by atoms with E-state index >= 15 is 0 Å². The van der Waals surface area contributed by atoms with Crippen molar-refractivity contribution in [2.45, 2.75) is 6.18 Å². The third kappa shape index (κ3) is 1.81. The third-order valence-corrected chi connectivity index (χ3v) is 2.26. The van der Waals surface area contributed by atoms with Gasteiger partial charge in [0.1, 0.15) is 0 Å². The average Bonchev–Trinajstić information content (AvgIpc) is 2.54. The summed E-state index contributed by atoms with van der Waals surface area (Å²) in [4.78, 5) is 33.9. The standard InChI is InChI=1S/C10H5F3N2O3/c11-10(12,13)9(18)14-15-7(16)5-3-1-2-4-6(5)8(15)17/h1-4H,(H,14,18). The fraction of sp³-hybridized carbons (Fsp3) is 0.100. The summed E-state index contributed by atoms with van der Waals surface area (Å²) in [5.74, 6) is -4.36. The monoisotopic (exact) mass is 258 g/mol. The number of nitrogens with one attached hydrogen (secondary N) is 1. The first-order valence-electron chi connectivity index (χ1n) is 4.68. The molecular weight excluding hydrogens is 253 g/mol. The molecule has 1 aliphatic heterocycles. The molecule has 0 radical (unpaired) electrons. The van der Waals surface area contributed by atoms with Crippen LogP contribution in [0.15, 0.2) is 24.3 Å². The highest BCUT2D eigenvalue weighted by atomic mass is 19.4. The molecule has 18 heavy (non-hydrogen) atoms. The van der Waals surface area contributed by atoms with Gasteiger partial charge >= 0.3 is 12.1 Å². The first-order valence-corrected chi connectivity index (χ1v) is 4.68. The van der Waals surface area contributed by atoms with E-state index in [1.54, 1.807) is 0 Å². The van der Waals surface area contributed by atoms with Crippen molar-refractivity contribution in [1.29, 1.82) is 0 Å². The summed E-state index contributed by atoms with van der Waals surface area (Å²) in [5, 5.41) is 0.0560. The van der Waals surface area contributed by atoms with E-state index in [2.05, 4.69) is 0 Å². The van der Waals surface area contributed by atoms with Crippen LogP contribution in [0.2, 0.25) is 0 Å². The molecule has 1 heterocycles. The van der Waals surface area contributed by atoms with Gasteiger partial charge in [0.2, 0.25) is 0 Å². The predicted octanol–water partition coefficient (Wildman–Crippen LogP) is 0.876. The Bertz CT molecular complexity index is 519. The molecule has 94 valence electrons. The number of benzene rings is 1. The number of imide groups is 1. The number of alkyl halides is 3. The van der Waals surface area contributed by atoms with E-state index in [9.17, 15) is 27.6 Å². The fourth-order valence-corrected chi connectivity index (χ4v) is 1.46. The molecule has 1 aliphatic rings. The summed E-state index contributed by atoms with van der Waals surface area (Å²) >= 11 is 0. The van der Waals surface area contributed by atoms with Crippen molar-refractivity contribution in [2.75, 3.05) is 0 Å². The third-order valence-electron chi connectivity index (χ3n) is 2.26. The molecule has 5 nitrogen and oxygen atoms in total. The molecule has 1 aromatic carbocycles. The van der Waals surface area contributed by atoms with Gasteiger partial charge in [0.05, 0.1) is 11.1 Å². The quantitative estimate of drug-likeness (QED) is 0.760. The summed E-state index contributed by atoms with van der Waals surface area (Å²) in [6.07, 6.45) is -5.17. The molecule has 0 spiro atoms. The van der Waals surface area contributed by atoms with Crippen LogP contribution in [-0.4, -0.2) is 28.9 Å². The van der Waals surface area contributed by atoms with Crippen LogP contribution in [0.5, 0.6) is 0 Å². The number of hydrogen-bond acceptors (Lipinski definition) is 3. The molecule has 0 bridgehead atoms. The fourth-order valence-electron chi connectivity index (χ4n) is 1.46. The van der Waals surface area contributed by atoms with E-state index < -0.39 is 23.9 Å². The van der Waals surface area contributed by atoms with Gasteiger partial charge in [0, 0.05) is 0 Å². The lowest BCUT2D eigenvalue weighted by Gasteiger charge is -2.15. The maximum Gasteiger partial charge on any atom is 0.472 e. The highest BCUT2D eigenvalue weighted by Gasteiger charge is 2.44. The normalized spacial score (nSPS) is 14.7. The lowest BCUT2D eigenvalue weighted by Crippen LogP contribution is -2.50. The zero-order valence-electron chi connectivity index (χ0n) is 8.62. The minimum atomic E-state index is -5.17. The first kappa shape index (κ1) is 12.1. The Morgan fingerprint density at radius 2 is 1.50 bits per heavy atom. The molecule has 0 saturated heterocycles. The summed E-state index contributed by atoms with van der Waals surface area (Å²) in [7, 11) is 0. The van der Waals surface area contributed by atoms with Crippen molar-refractivity contribution in [3.8, 4) is 0 Å². The lowest BCUT2D eigenvalue weighted by atomic mass is 10.1. The molecule has 2 rings (SSSR count). The van der Waals surface area contributed by atoms with Crippen molar-refractivity contribution >= 4 is 17.7 Å². The van der Waals surface area contributed by atoms with Gasteiger partial charge in [-0.3, -0.25) is 14.4 Å². The zero-order valence-corrected chi connectivity index (χ0v) is 8.62. The topological polar surface area (TPSA) is 66.5 Å². The Morgan fingerprint density at radius 3 is 1.89 bits per heavy atom. The molecule has 8 heteroatoms. The Labute approximate surface area is 98.1 Å². The highest BCUT2D eigenvalue weighted by molar-refractivity contribution is 6.21. The van der Waals surface area contributed by atoms with Crippen LogP contribution in [-0.2, 0) is 4.79 Å². The largest absolute Gasteiger partial charge is 0.472 e. The number of carbonyl (C=O) groups excluding carboxylic acids is 3. The number of fused-ring (bicyclic) bond motifs is 1. The lowest BCUT2D eigenvalue weighted by molar-refractivity contribution is -0.176. The van der Waals surface area contributed by atoms with Gasteiger partial charge in [0.25, 0.3) is 11.8 Å². The predicted molar refractivity (Wildman–Crippen MR) is 51.1 cm³/mol. The van der Waals surface area contributed by atoms with Crippen molar-refractivity contribution < 1.29 is 27.6 Å². The van der Waals surface area contributed by atoms with E-state index in [-0.39, 0.29) is 16.1 Å². The smallest absolute Gasteiger partial charge is 0.267 e. The number of nitrogens with zero attached hydrogens (tertiary/aromatic N) is 1. The molecule has 1 N–H and O–H groups in total. The van der Waals surface area contributed by atoms with Crippen LogP contribution < -0.4 is 5.43 Å². The molecule has 0 unspecified atom stereocenters. The second-order valence-electron chi connectivity index (χ2n) is 3.43. The van der Waals surface area contributed by atoms with Crippen LogP contribution in [0.1, 0.15) is 20.7 Å². The molecule has 0 saturated carbocycles. The Morgan fingerprint density at radius 1 is 1.06 bits per heavy atom. The van der Waals surface area contributed by atoms with Gasteiger partial charge < -0.3 is 0 Å². The first-order chi connectivity index (χ1) is 8.32. The van der Waals surface area contributed by atoms with Crippen molar-refractivity contribution in [1.82, 2.24) is 10.4 Å². The van der Waals surface area contributed by atoms with Gasteiger partial charge in [-0.2, -0.15) is 18.2 Å². The van der Waals surface area contributed by atoms with E-state index in [0.29, 0.717) is 0 Å². The maximum absolute atomic E-state index is 12.0. The van der Waals surface area contributed by atoms with Gasteiger partial charge in [-0.1, -0.05) is 12.1 Å². The van der Waals surface area contributed by atoms with E-state index in [4.69, 9.17) is 0 Å². The summed E-state index contributed by atoms with van der Waals surface area (Å²) in [5.41, 5.74) is 1.13. The summed E-state index contributed by atoms with van der Waals surface area (Å²) in [6, 6.07) is 5.49. The molecule has 3 amide bonds. The molecule has 0 aromatic heterocycles.